The second-order valence-corrected chi connectivity index (χ2v) is 7.24. The molecular weight excluding hydrogens is 358 g/mol. The van der Waals surface area contributed by atoms with Crippen LogP contribution >= 0.6 is 0 Å². The van der Waals surface area contributed by atoms with E-state index in [4.69, 9.17) is 13.7 Å². The quantitative estimate of drug-likeness (QED) is 0.720. The van der Waals surface area contributed by atoms with Crippen molar-refractivity contribution in [2.45, 2.75) is 17.7 Å². The van der Waals surface area contributed by atoms with E-state index in [0.29, 0.717) is 24.5 Å². The van der Waals surface area contributed by atoms with Crippen molar-refractivity contribution in [2.24, 2.45) is 0 Å². The van der Waals surface area contributed by atoms with E-state index in [-0.39, 0.29) is 16.6 Å². The Balaban J connectivity index is 1.80. The summed E-state index contributed by atoms with van der Waals surface area (Å²) < 4.78 is 40.4. The zero-order valence-corrected chi connectivity index (χ0v) is 15.3. The van der Waals surface area contributed by atoms with Gasteiger partial charge in [-0.3, -0.25) is 4.79 Å². The molecule has 26 heavy (non-hydrogen) atoms. The van der Waals surface area contributed by atoms with E-state index in [1.54, 1.807) is 17.0 Å². The van der Waals surface area contributed by atoms with E-state index in [9.17, 15) is 13.2 Å². The average Bonchev–Trinajstić information content (AvgIpc) is 3.07. The molecule has 1 fully saturated rings. The maximum atomic E-state index is 12.5. The second-order valence-electron chi connectivity index (χ2n) is 5.70. The van der Waals surface area contributed by atoms with Crippen LogP contribution in [0, 0.1) is 0 Å². The molecule has 0 atom stereocenters. The van der Waals surface area contributed by atoms with Crippen LogP contribution in [-0.4, -0.2) is 35.1 Å². The van der Waals surface area contributed by atoms with Crippen molar-refractivity contribution in [3.63, 3.8) is 0 Å². The van der Waals surface area contributed by atoms with Crippen LogP contribution in [-0.2, 0) is 14.9 Å². The minimum absolute atomic E-state index is 0.0473. The SMILES string of the molecule is COc1ccc(S(=O)(=O)Oc2ccc(N3CCCC3=O)cc2)cc1OC. The van der Waals surface area contributed by atoms with Gasteiger partial charge >= 0.3 is 10.1 Å². The minimum atomic E-state index is -4.03. The van der Waals surface area contributed by atoms with Gasteiger partial charge in [-0.15, -0.1) is 0 Å². The molecule has 3 rings (SSSR count). The highest BCUT2D eigenvalue weighted by molar-refractivity contribution is 7.87. The molecule has 0 aliphatic carbocycles. The monoisotopic (exact) mass is 377 g/mol. The van der Waals surface area contributed by atoms with Gasteiger partial charge in [-0.1, -0.05) is 0 Å². The van der Waals surface area contributed by atoms with Gasteiger partial charge in [0.1, 0.15) is 10.6 Å². The van der Waals surface area contributed by atoms with E-state index in [1.807, 2.05) is 0 Å². The molecule has 2 aromatic rings. The lowest BCUT2D eigenvalue weighted by atomic mass is 10.3. The number of carbonyl (C=O) groups is 1. The highest BCUT2D eigenvalue weighted by atomic mass is 32.2. The van der Waals surface area contributed by atoms with Crippen molar-refractivity contribution in [3.05, 3.63) is 42.5 Å². The minimum Gasteiger partial charge on any atom is -0.493 e. The zero-order chi connectivity index (χ0) is 18.7. The Bertz CT molecular complexity index is 908. The number of rotatable bonds is 6. The predicted octanol–water partition coefficient (Wildman–Crippen LogP) is 2.60. The van der Waals surface area contributed by atoms with Gasteiger partial charge in [-0.25, -0.2) is 0 Å². The molecule has 0 aromatic heterocycles. The number of hydrogen-bond acceptors (Lipinski definition) is 6. The van der Waals surface area contributed by atoms with Crippen LogP contribution in [0.2, 0.25) is 0 Å². The number of nitrogens with zero attached hydrogens (tertiary/aromatic N) is 1. The topological polar surface area (TPSA) is 82.1 Å². The summed E-state index contributed by atoms with van der Waals surface area (Å²) >= 11 is 0. The second kappa shape index (κ2) is 7.25. The van der Waals surface area contributed by atoms with Gasteiger partial charge in [0, 0.05) is 24.7 Å². The van der Waals surface area contributed by atoms with E-state index in [0.717, 1.165) is 12.1 Å². The first-order chi connectivity index (χ1) is 12.4. The maximum absolute atomic E-state index is 12.5. The summed E-state index contributed by atoms with van der Waals surface area (Å²) in [5.74, 6) is 0.943. The van der Waals surface area contributed by atoms with Crippen LogP contribution in [0.5, 0.6) is 17.2 Å². The fraction of sp³-hybridized carbons (Fsp3) is 0.278. The summed E-state index contributed by atoms with van der Waals surface area (Å²) in [7, 11) is -1.14. The van der Waals surface area contributed by atoms with Gasteiger partial charge in [-0.2, -0.15) is 8.42 Å². The Labute approximate surface area is 152 Å². The molecule has 0 unspecified atom stereocenters. The largest absolute Gasteiger partial charge is 0.493 e. The molecule has 0 saturated carbocycles. The van der Waals surface area contributed by atoms with E-state index >= 15 is 0 Å². The third-order valence-corrected chi connectivity index (χ3v) is 5.31. The van der Waals surface area contributed by atoms with Crippen LogP contribution in [0.15, 0.2) is 47.4 Å². The molecule has 1 aliphatic heterocycles. The zero-order valence-electron chi connectivity index (χ0n) is 14.5. The number of amides is 1. The van der Waals surface area contributed by atoms with Crippen molar-refractivity contribution in [1.82, 2.24) is 0 Å². The lowest BCUT2D eigenvalue weighted by molar-refractivity contribution is -0.117. The van der Waals surface area contributed by atoms with Gasteiger partial charge in [0.2, 0.25) is 5.91 Å². The molecular formula is C18H19NO6S. The Morgan fingerprint density at radius 3 is 2.23 bits per heavy atom. The van der Waals surface area contributed by atoms with E-state index in [2.05, 4.69) is 0 Å². The van der Waals surface area contributed by atoms with Crippen LogP contribution in [0.4, 0.5) is 5.69 Å². The number of hydrogen-bond donors (Lipinski definition) is 0. The Morgan fingerprint density at radius 1 is 0.962 bits per heavy atom. The molecule has 138 valence electrons. The van der Waals surface area contributed by atoms with Crippen LogP contribution < -0.4 is 18.6 Å². The highest BCUT2D eigenvalue weighted by Gasteiger charge is 2.23. The molecule has 1 aliphatic rings. The fourth-order valence-electron chi connectivity index (χ4n) is 2.75. The number of ether oxygens (including phenoxy) is 2. The lowest BCUT2D eigenvalue weighted by Gasteiger charge is -2.16. The molecule has 7 nitrogen and oxygen atoms in total. The van der Waals surface area contributed by atoms with Gasteiger partial charge in [0.15, 0.2) is 11.5 Å². The Kier molecular flexibility index (Phi) is 5.03. The highest BCUT2D eigenvalue weighted by Crippen LogP contribution is 2.31. The summed E-state index contributed by atoms with van der Waals surface area (Å²) in [6.45, 7) is 0.670. The molecule has 2 aromatic carbocycles. The van der Waals surface area contributed by atoms with Crippen molar-refractivity contribution < 1.29 is 26.9 Å². The summed E-state index contributed by atoms with van der Waals surface area (Å²) in [4.78, 5) is 13.4. The Hall–Kier alpha value is -2.74. The van der Waals surface area contributed by atoms with Crippen molar-refractivity contribution >= 4 is 21.7 Å². The molecule has 8 heteroatoms. The molecule has 0 radical (unpaired) electrons. The van der Waals surface area contributed by atoms with Crippen molar-refractivity contribution in [3.8, 4) is 17.2 Å². The van der Waals surface area contributed by atoms with Gasteiger partial charge < -0.3 is 18.6 Å². The molecule has 0 bridgehead atoms. The van der Waals surface area contributed by atoms with Gasteiger partial charge in [0.05, 0.1) is 14.2 Å². The average molecular weight is 377 g/mol. The third kappa shape index (κ3) is 3.60. The summed E-state index contributed by atoms with van der Waals surface area (Å²) in [6.07, 6.45) is 1.36. The van der Waals surface area contributed by atoms with Gasteiger partial charge in [0.25, 0.3) is 0 Å². The standard InChI is InChI=1S/C18H19NO6S/c1-23-16-10-9-15(12-17(16)24-2)26(21,22)25-14-7-5-13(6-8-14)19-11-3-4-18(19)20/h5-10,12H,3-4,11H2,1-2H3. The number of carbonyl (C=O) groups excluding carboxylic acids is 1. The molecule has 1 saturated heterocycles. The normalized spacial score (nSPS) is 14.4. The van der Waals surface area contributed by atoms with Crippen LogP contribution in [0.25, 0.3) is 0 Å². The molecule has 1 amide bonds. The molecule has 0 spiro atoms. The number of anilines is 1. The maximum Gasteiger partial charge on any atom is 0.339 e. The van der Waals surface area contributed by atoms with Crippen molar-refractivity contribution in [1.29, 1.82) is 0 Å². The van der Waals surface area contributed by atoms with E-state index < -0.39 is 10.1 Å². The lowest BCUT2D eigenvalue weighted by Crippen LogP contribution is -2.23. The first kappa shape index (κ1) is 18.1. The third-order valence-electron chi connectivity index (χ3n) is 4.07. The van der Waals surface area contributed by atoms with Crippen LogP contribution in [0.1, 0.15) is 12.8 Å². The van der Waals surface area contributed by atoms with Crippen LogP contribution in [0.3, 0.4) is 0 Å². The van der Waals surface area contributed by atoms with Gasteiger partial charge in [-0.05, 0) is 42.8 Å². The first-order valence-electron chi connectivity index (χ1n) is 8.01. The first-order valence-corrected chi connectivity index (χ1v) is 9.42. The molecule has 0 N–H and O–H groups in total. The number of benzene rings is 2. The van der Waals surface area contributed by atoms with Crippen molar-refractivity contribution in [2.75, 3.05) is 25.7 Å². The predicted molar refractivity (Wildman–Crippen MR) is 95.4 cm³/mol. The van der Waals surface area contributed by atoms with E-state index in [1.165, 1.54) is 44.6 Å². The number of methoxy groups -OCH3 is 2. The smallest absolute Gasteiger partial charge is 0.339 e. The summed E-state index contributed by atoms with van der Waals surface area (Å²) in [6, 6.07) is 10.6. The molecule has 1 heterocycles. The fourth-order valence-corrected chi connectivity index (χ4v) is 3.70. The summed E-state index contributed by atoms with van der Waals surface area (Å²) in [5.41, 5.74) is 0.725. The summed E-state index contributed by atoms with van der Waals surface area (Å²) in [5, 5.41) is 0. The Morgan fingerprint density at radius 2 is 1.65 bits per heavy atom.